The molecule has 1 heterocycles. The van der Waals surface area contributed by atoms with Crippen molar-refractivity contribution < 1.29 is 8.42 Å². The second-order valence-corrected chi connectivity index (χ2v) is 7.42. The molecule has 1 aliphatic rings. The van der Waals surface area contributed by atoms with Crippen LogP contribution in [0.2, 0.25) is 5.02 Å². The predicted molar refractivity (Wildman–Crippen MR) is 82.6 cm³/mol. The summed E-state index contributed by atoms with van der Waals surface area (Å²) in [6, 6.07) is 4.91. The van der Waals surface area contributed by atoms with Gasteiger partial charge in [0.1, 0.15) is 4.90 Å². The molecule has 0 spiro atoms. The van der Waals surface area contributed by atoms with Crippen LogP contribution in [0.15, 0.2) is 27.6 Å². The van der Waals surface area contributed by atoms with Gasteiger partial charge in [0.2, 0.25) is 10.0 Å². The molecule has 0 aliphatic carbocycles. The van der Waals surface area contributed by atoms with E-state index in [1.54, 1.807) is 19.2 Å². The maximum atomic E-state index is 12.5. The highest BCUT2D eigenvalue weighted by Gasteiger charge is 2.31. The van der Waals surface area contributed by atoms with E-state index in [1.807, 2.05) is 0 Å². The summed E-state index contributed by atoms with van der Waals surface area (Å²) in [7, 11) is -1.94. The molecule has 0 bridgehead atoms. The van der Waals surface area contributed by atoms with E-state index in [0.717, 1.165) is 13.0 Å². The van der Waals surface area contributed by atoms with E-state index in [2.05, 4.69) is 21.2 Å². The number of nitrogens with one attached hydrogen (secondary N) is 1. The maximum absolute atomic E-state index is 12.5. The molecule has 4 nitrogen and oxygen atoms in total. The van der Waals surface area contributed by atoms with Gasteiger partial charge in [0.25, 0.3) is 0 Å². The highest BCUT2D eigenvalue weighted by Crippen LogP contribution is 2.31. The molecule has 1 saturated heterocycles. The van der Waals surface area contributed by atoms with Gasteiger partial charge in [-0.05, 0) is 41.0 Å². The lowest BCUT2D eigenvalue weighted by molar-refractivity contribution is 0.388. The normalized spacial score (nSPS) is 19.5. The Labute approximate surface area is 133 Å². The highest BCUT2D eigenvalue weighted by atomic mass is 79.9. The minimum Gasteiger partial charge on any atom is -0.315 e. The van der Waals surface area contributed by atoms with E-state index in [4.69, 9.17) is 11.6 Å². The van der Waals surface area contributed by atoms with Gasteiger partial charge in [-0.2, -0.15) is 4.31 Å². The van der Waals surface area contributed by atoms with Gasteiger partial charge < -0.3 is 5.32 Å². The molecule has 1 fully saturated rings. The van der Waals surface area contributed by atoms with E-state index < -0.39 is 10.0 Å². The molecule has 1 unspecified atom stereocenters. The lowest BCUT2D eigenvalue weighted by atomic mass is 10.3. The molecular formula is C11H15BrCl2N2O2S. The Hall–Kier alpha value is 0.150. The maximum Gasteiger partial charge on any atom is 0.244 e. The van der Waals surface area contributed by atoms with Crippen LogP contribution in [-0.4, -0.2) is 38.9 Å². The molecule has 0 saturated carbocycles. The first kappa shape index (κ1) is 17.2. The summed E-state index contributed by atoms with van der Waals surface area (Å²) < 4.78 is 27.0. The van der Waals surface area contributed by atoms with Crippen LogP contribution in [0.25, 0.3) is 0 Å². The zero-order chi connectivity index (χ0) is 13.3. The molecule has 1 aromatic rings. The number of benzene rings is 1. The number of nitrogens with zero attached hydrogens (tertiary/aromatic N) is 1. The second kappa shape index (κ2) is 6.74. The van der Waals surface area contributed by atoms with Crippen LogP contribution in [0.4, 0.5) is 0 Å². The van der Waals surface area contributed by atoms with Crippen molar-refractivity contribution in [2.75, 3.05) is 20.1 Å². The van der Waals surface area contributed by atoms with Gasteiger partial charge in [-0.25, -0.2) is 8.42 Å². The minimum absolute atomic E-state index is 0. The van der Waals surface area contributed by atoms with Crippen molar-refractivity contribution in [3.8, 4) is 0 Å². The van der Waals surface area contributed by atoms with Crippen LogP contribution >= 0.6 is 39.9 Å². The van der Waals surface area contributed by atoms with Crippen LogP contribution in [-0.2, 0) is 10.0 Å². The van der Waals surface area contributed by atoms with E-state index >= 15 is 0 Å². The fraction of sp³-hybridized carbons (Fsp3) is 0.455. The second-order valence-electron chi connectivity index (χ2n) is 4.22. The van der Waals surface area contributed by atoms with E-state index in [1.165, 1.54) is 10.4 Å². The Balaban J connectivity index is 0.00000180. The molecule has 108 valence electrons. The number of hydrogen-bond donors (Lipinski definition) is 1. The van der Waals surface area contributed by atoms with Crippen molar-refractivity contribution in [2.24, 2.45) is 0 Å². The number of likely N-dealkylation sites (N-methyl/N-ethyl adjacent to an activating group) is 1. The SMILES string of the molecule is CN(C1CCNC1)S(=O)(=O)c1cccc(Br)c1Cl.Cl. The molecule has 0 radical (unpaired) electrons. The van der Waals surface area contributed by atoms with Crippen molar-refractivity contribution in [1.82, 2.24) is 9.62 Å². The van der Waals surface area contributed by atoms with Crippen LogP contribution in [0.3, 0.4) is 0 Å². The van der Waals surface area contributed by atoms with Crippen molar-refractivity contribution in [3.63, 3.8) is 0 Å². The molecule has 8 heteroatoms. The van der Waals surface area contributed by atoms with E-state index in [9.17, 15) is 8.42 Å². The Morgan fingerprint density at radius 1 is 1.47 bits per heavy atom. The van der Waals surface area contributed by atoms with Gasteiger partial charge in [0.05, 0.1) is 5.02 Å². The first-order chi connectivity index (χ1) is 8.44. The minimum atomic E-state index is -3.54. The van der Waals surface area contributed by atoms with Gasteiger partial charge in [-0.1, -0.05) is 17.7 Å². The van der Waals surface area contributed by atoms with Crippen LogP contribution in [0.5, 0.6) is 0 Å². The Morgan fingerprint density at radius 2 is 2.16 bits per heavy atom. The fourth-order valence-electron chi connectivity index (χ4n) is 1.98. The molecule has 2 rings (SSSR count). The molecule has 1 N–H and O–H groups in total. The first-order valence-electron chi connectivity index (χ1n) is 5.57. The summed E-state index contributed by atoms with van der Waals surface area (Å²) >= 11 is 9.30. The van der Waals surface area contributed by atoms with Crippen molar-refractivity contribution >= 4 is 50.0 Å². The zero-order valence-electron chi connectivity index (χ0n) is 10.3. The molecular weight excluding hydrogens is 375 g/mol. The number of rotatable bonds is 3. The third-order valence-electron chi connectivity index (χ3n) is 3.12. The summed E-state index contributed by atoms with van der Waals surface area (Å²) in [5.74, 6) is 0. The third kappa shape index (κ3) is 3.43. The van der Waals surface area contributed by atoms with E-state index in [-0.39, 0.29) is 28.4 Å². The first-order valence-corrected chi connectivity index (χ1v) is 8.18. The zero-order valence-corrected chi connectivity index (χ0v) is 14.2. The Kier molecular flexibility index (Phi) is 6.10. The third-order valence-corrected chi connectivity index (χ3v) is 6.48. The van der Waals surface area contributed by atoms with Gasteiger partial charge >= 0.3 is 0 Å². The summed E-state index contributed by atoms with van der Waals surface area (Å²) in [5.41, 5.74) is 0. The van der Waals surface area contributed by atoms with Crippen molar-refractivity contribution in [2.45, 2.75) is 17.4 Å². The Bertz CT molecular complexity index is 548. The number of sulfonamides is 1. The standard InChI is InChI=1S/C11H14BrClN2O2S.ClH/c1-15(8-5-6-14-7-8)18(16,17)10-4-2-3-9(12)11(10)13;/h2-4,8,14H,5-7H2,1H3;1H. The van der Waals surface area contributed by atoms with Gasteiger partial charge in [0.15, 0.2) is 0 Å². The molecule has 1 aliphatic heterocycles. The summed E-state index contributed by atoms with van der Waals surface area (Å²) in [6.45, 7) is 1.53. The van der Waals surface area contributed by atoms with Crippen molar-refractivity contribution in [1.29, 1.82) is 0 Å². The predicted octanol–water partition coefficient (Wildman–Crippen LogP) is 2.51. The van der Waals surface area contributed by atoms with Crippen LogP contribution < -0.4 is 5.32 Å². The van der Waals surface area contributed by atoms with Crippen molar-refractivity contribution in [3.05, 3.63) is 27.7 Å². The van der Waals surface area contributed by atoms with Gasteiger partial charge in [-0.15, -0.1) is 12.4 Å². The highest BCUT2D eigenvalue weighted by molar-refractivity contribution is 9.10. The summed E-state index contributed by atoms with van der Waals surface area (Å²) in [4.78, 5) is 0.146. The largest absolute Gasteiger partial charge is 0.315 e. The molecule has 0 aromatic heterocycles. The lowest BCUT2D eigenvalue weighted by Gasteiger charge is -2.23. The number of halogens is 3. The lowest BCUT2D eigenvalue weighted by Crippen LogP contribution is -2.38. The number of hydrogen-bond acceptors (Lipinski definition) is 3. The molecule has 1 aromatic carbocycles. The Morgan fingerprint density at radius 3 is 2.74 bits per heavy atom. The topological polar surface area (TPSA) is 49.4 Å². The summed E-state index contributed by atoms with van der Waals surface area (Å²) in [5, 5.41) is 3.39. The molecule has 0 amide bonds. The van der Waals surface area contributed by atoms with Crippen LogP contribution in [0, 0.1) is 0 Å². The molecule has 19 heavy (non-hydrogen) atoms. The quantitative estimate of drug-likeness (QED) is 0.863. The van der Waals surface area contributed by atoms with E-state index in [0.29, 0.717) is 11.0 Å². The average molecular weight is 390 g/mol. The monoisotopic (exact) mass is 388 g/mol. The van der Waals surface area contributed by atoms with Crippen LogP contribution in [0.1, 0.15) is 6.42 Å². The van der Waals surface area contributed by atoms with Gasteiger partial charge in [-0.3, -0.25) is 0 Å². The fourth-order valence-corrected chi connectivity index (χ4v) is 4.37. The smallest absolute Gasteiger partial charge is 0.244 e. The average Bonchev–Trinajstić information content (AvgIpc) is 2.85. The van der Waals surface area contributed by atoms with Gasteiger partial charge in [0, 0.05) is 24.1 Å². The molecule has 1 atom stereocenters. The summed E-state index contributed by atoms with van der Waals surface area (Å²) in [6.07, 6.45) is 0.821.